The van der Waals surface area contributed by atoms with Gasteiger partial charge in [-0.15, -0.1) is 0 Å². The molecule has 0 atom stereocenters. The maximum absolute atomic E-state index is 11.2. The van der Waals surface area contributed by atoms with Gasteiger partial charge in [0.2, 0.25) is 0 Å². The summed E-state index contributed by atoms with van der Waals surface area (Å²) in [7, 11) is 0. The molecule has 3 N–H and O–H groups in total. The summed E-state index contributed by atoms with van der Waals surface area (Å²) in [6.45, 7) is 0. The second-order valence-corrected chi connectivity index (χ2v) is 4.00. The molecule has 0 spiro atoms. The normalized spacial score (nSPS) is 29.5. The van der Waals surface area contributed by atoms with Crippen molar-refractivity contribution in [2.45, 2.75) is 24.4 Å². The van der Waals surface area contributed by atoms with Crippen molar-refractivity contribution >= 4 is 5.97 Å². The molecular formula is C11H12O4. The van der Waals surface area contributed by atoms with E-state index in [1.54, 1.807) is 12.1 Å². The number of benzene rings is 1. The molecule has 0 saturated heterocycles. The van der Waals surface area contributed by atoms with Crippen LogP contribution in [0, 0.1) is 0 Å². The predicted molar refractivity (Wildman–Crippen MR) is 52.7 cm³/mol. The molecular weight excluding hydrogens is 196 g/mol. The van der Waals surface area contributed by atoms with Crippen LogP contribution in [0.25, 0.3) is 0 Å². The Balaban J connectivity index is 2.34. The molecule has 0 aliphatic heterocycles. The van der Waals surface area contributed by atoms with E-state index < -0.39 is 17.5 Å². The lowest BCUT2D eigenvalue weighted by Crippen LogP contribution is -2.50. The number of carboxylic acids is 1. The number of hydrogen-bond donors (Lipinski definition) is 3. The summed E-state index contributed by atoms with van der Waals surface area (Å²) in [5.41, 5.74) is -0.328. The molecule has 1 saturated carbocycles. The number of aliphatic hydroxyl groups excluding tert-OH is 1. The van der Waals surface area contributed by atoms with E-state index in [-0.39, 0.29) is 18.6 Å². The summed E-state index contributed by atoms with van der Waals surface area (Å²) >= 11 is 0. The molecule has 0 heterocycles. The maximum Gasteiger partial charge on any atom is 0.314 e. The van der Waals surface area contributed by atoms with Gasteiger partial charge in [0.05, 0.1) is 11.5 Å². The first-order chi connectivity index (χ1) is 7.04. The topological polar surface area (TPSA) is 77.8 Å². The van der Waals surface area contributed by atoms with Crippen LogP contribution >= 0.6 is 0 Å². The van der Waals surface area contributed by atoms with E-state index in [0.29, 0.717) is 5.56 Å². The highest BCUT2D eigenvalue weighted by atomic mass is 16.4. The first kappa shape index (κ1) is 9.98. The van der Waals surface area contributed by atoms with Crippen molar-refractivity contribution in [1.29, 1.82) is 0 Å². The molecule has 4 heteroatoms. The van der Waals surface area contributed by atoms with Crippen molar-refractivity contribution in [3.05, 3.63) is 29.8 Å². The predicted octanol–water partition coefficient (Wildman–Crippen LogP) is 0.869. The molecule has 4 nitrogen and oxygen atoms in total. The van der Waals surface area contributed by atoms with Gasteiger partial charge in [0.25, 0.3) is 0 Å². The highest BCUT2D eigenvalue weighted by molar-refractivity contribution is 5.83. The van der Waals surface area contributed by atoms with Crippen molar-refractivity contribution in [2.75, 3.05) is 0 Å². The molecule has 1 fully saturated rings. The lowest BCUT2D eigenvalue weighted by atomic mass is 9.63. The molecule has 1 aromatic rings. The molecule has 0 aromatic heterocycles. The number of rotatable bonds is 2. The van der Waals surface area contributed by atoms with Gasteiger partial charge in [0.1, 0.15) is 5.75 Å². The summed E-state index contributed by atoms with van der Waals surface area (Å²) in [6.07, 6.45) is -0.0462. The molecule has 2 rings (SSSR count). The number of aliphatic carboxylic acids is 1. The first-order valence-corrected chi connectivity index (χ1v) is 4.75. The van der Waals surface area contributed by atoms with Gasteiger partial charge in [0.15, 0.2) is 0 Å². The van der Waals surface area contributed by atoms with Crippen molar-refractivity contribution in [1.82, 2.24) is 0 Å². The zero-order valence-corrected chi connectivity index (χ0v) is 8.05. The van der Waals surface area contributed by atoms with E-state index in [1.807, 2.05) is 0 Å². The Bertz CT molecular complexity index is 376. The molecule has 1 aromatic carbocycles. The number of carboxylic acid groups (broad SMARTS) is 1. The fourth-order valence-corrected chi connectivity index (χ4v) is 2.06. The van der Waals surface area contributed by atoms with Crippen LogP contribution in [0.5, 0.6) is 5.75 Å². The Hall–Kier alpha value is -1.55. The second kappa shape index (κ2) is 3.24. The van der Waals surface area contributed by atoms with Gasteiger partial charge in [-0.05, 0) is 30.5 Å². The maximum atomic E-state index is 11.2. The highest BCUT2D eigenvalue weighted by Gasteiger charge is 2.51. The number of carbonyl (C=O) groups is 1. The Labute approximate surface area is 86.8 Å². The van der Waals surface area contributed by atoms with E-state index >= 15 is 0 Å². The number of aliphatic hydroxyl groups is 1. The highest BCUT2D eigenvalue weighted by Crippen LogP contribution is 2.44. The van der Waals surface area contributed by atoms with Gasteiger partial charge < -0.3 is 15.3 Å². The van der Waals surface area contributed by atoms with Crippen LogP contribution in [0.4, 0.5) is 0 Å². The van der Waals surface area contributed by atoms with Crippen molar-refractivity contribution in [2.24, 2.45) is 0 Å². The third-order valence-corrected chi connectivity index (χ3v) is 3.00. The van der Waals surface area contributed by atoms with E-state index in [2.05, 4.69) is 0 Å². The van der Waals surface area contributed by atoms with Crippen molar-refractivity contribution in [3.8, 4) is 5.75 Å². The van der Waals surface area contributed by atoms with E-state index in [4.69, 9.17) is 10.2 Å². The Kier molecular flexibility index (Phi) is 2.16. The molecule has 0 amide bonds. The van der Waals surface area contributed by atoms with Gasteiger partial charge in [-0.1, -0.05) is 12.1 Å². The van der Waals surface area contributed by atoms with Gasteiger partial charge in [0, 0.05) is 0 Å². The molecule has 1 aliphatic carbocycles. The standard InChI is InChI=1S/C11H12O4/c12-8-3-1-7(2-4-8)11(10(14)15)5-9(13)6-11/h1-4,9,12-13H,5-6H2,(H,14,15). The zero-order valence-electron chi connectivity index (χ0n) is 8.05. The Morgan fingerprint density at radius 3 is 2.20 bits per heavy atom. The third-order valence-electron chi connectivity index (χ3n) is 3.00. The largest absolute Gasteiger partial charge is 0.508 e. The van der Waals surface area contributed by atoms with Crippen LogP contribution in [0.15, 0.2) is 24.3 Å². The molecule has 0 unspecified atom stereocenters. The Morgan fingerprint density at radius 2 is 1.80 bits per heavy atom. The fourth-order valence-electron chi connectivity index (χ4n) is 2.06. The average Bonchev–Trinajstić information content (AvgIpc) is 2.13. The van der Waals surface area contributed by atoms with Crippen molar-refractivity contribution < 1.29 is 20.1 Å². The Morgan fingerprint density at radius 1 is 1.27 bits per heavy atom. The summed E-state index contributed by atoms with van der Waals surface area (Å²) < 4.78 is 0. The second-order valence-electron chi connectivity index (χ2n) is 4.00. The molecule has 0 bridgehead atoms. The molecule has 80 valence electrons. The third kappa shape index (κ3) is 1.47. The molecule has 15 heavy (non-hydrogen) atoms. The average molecular weight is 208 g/mol. The fraction of sp³-hybridized carbons (Fsp3) is 0.364. The van der Waals surface area contributed by atoms with Crippen LogP contribution in [-0.2, 0) is 10.2 Å². The van der Waals surface area contributed by atoms with Gasteiger partial charge >= 0.3 is 5.97 Å². The van der Waals surface area contributed by atoms with Gasteiger partial charge in [-0.2, -0.15) is 0 Å². The summed E-state index contributed by atoms with van der Waals surface area (Å²) in [5, 5.41) is 27.5. The number of phenols is 1. The van der Waals surface area contributed by atoms with Crippen LogP contribution in [-0.4, -0.2) is 27.4 Å². The van der Waals surface area contributed by atoms with Gasteiger partial charge in [-0.25, -0.2) is 0 Å². The minimum atomic E-state index is -0.965. The summed E-state index contributed by atoms with van der Waals surface area (Å²) in [4.78, 5) is 11.2. The van der Waals surface area contributed by atoms with E-state index in [1.165, 1.54) is 12.1 Å². The number of hydrogen-bond acceptors (Lipinski definition) is 3. The molecule has 0 radical (unpaired) electrons. The quantitative estimate of drug-likeness (QED) is 0.673. The van der Waals surface area contributed by atoms with Crippen LogP contribution in [0.2, 0.25) is 0 Å². The zero-order chi connectivity index (χ0) is 11.1. The minimum absolute atomic E-state index is 0.110. The number of phenolic OH excluding ortho intramolecular Hbond substituents is 1. The van der Waals surface area contributed by atoms with Crippen molar-refractivity contribution in [3.63, 3.8) is 0 Å². The van der Waals surface area contributed by atoms with E-state index in [9.17, 15) is 9.90 Å². The van der Waals surface area contributed by atoms with Gasteiger partial charge in [-0.3, -0.25) is 4.79 Å². The lowest BCUT2D eigenvalue weighted by molar-refractivity contribution is -0.152. The van der Waals surface area contributed by atoms with Crippen LogP contribution in [0.3, 0.4) is 0 Å². The van der Waals surface area contributed by atoms with E-state index in [0.717, 1.165) is 0 Å². The first-order valence-electron chi connectivity index (χ1n) is 4.75. The number of aromatic hydroxyl groups is 1. The summed E-state index contributed by atoms with van der Waals surface area (Å²) in [6, 6.07) is 6.11. The van der Waals surface area contributed by atoms with Crippen LogP contribution in [0.1, 0.15) is 18.4 Å². The van der Waals surface area contributed by atoms with Crippen LogP contribution < -0.4 is 0 Å². The smallest absolute Gasteiger partial charge is 0.314 e. The molecule has 1 aliphatic rings. The monoisotopic (exact) mass is 208 g/mol. The summed E-state index contributed by atoms with van der Waals surface area (Å²) in [5.74, 6) is -0.808. The SMILES string of the molecule is O=C(O)C1(c2ccc(O)cc2)CC(O)C1. The minimum Gasteiger partial charge on any atom is -0.508 e. The lowest BCUT2D eigenvalue weighted by Gasteiger charge is -2.42.